The molecule has 1 aromatic rings. The van der Waals surface area contributed by atoms with E-state index in [0.717, 1.165) is 42.5 Å². The highest BCUT2D eigenvalue weighted by Gasteiger charge is 2.15. The molecule has 22 heavy (non-hydrogen) atoms. The summed E-state index contributed by atoms with van der Waals surface area (Å²) in [5.41, 5.74) is 1.64. The maximum absolute atomic E-state index is 12.1. The Morgan fingerprint density at radius 3 is 2.73 bits per heavy atom. The molecule has 1 fully saturated rings. The van der Waals surface area contributed by atoms with Gasteiger partial charge in [0.05, 0.1) is 11.4 Å². The Hall–Kier alpha value is -1.43. The summed E-state index contributed by atoms with van der Waals surface area (Å²) in [5, 5.41) is 5.91. The van der Waals surface area contributed by atoms with Crippen LogP contribution in [-0.4, -0.2) is 42.2 Å². The fraction of sp³-hybridized carbons (Fsp3) is 0.625. The number of pyridine rings is 1. The molecule has 2 heterocycles. The van der Waals surface area contributed by atoms with Crippen LogP contribution in [0, 0.1) is 6.92 Å². The van der Waals surface area contributed by atoms with Crippen LogP contribution in [0.2, 0.25) is 0 Å². The molecule has 2 rings (SSSR count). The highest BCUT2D eigenvalue weighted by molar-refractivity contribution is 7.98. The van der Waals surface area contributed by atoms with E-state index < -0.39 is 0 Å². The number of carbonyl (C=O) groups is 1. The number of anilines is 2. The van der Waals surface area contributed by atoms with Gasteiger partial charge in [0.1, 0.15) is 5.82 Å². The molecule has 2 amide bonds. The third kappa shape index (κ3) is 4.53. The molecule has 1 unspecified atom stereocenters. The van der Waals surface area contributed by atoms with Crippen molar-refractivity contribution in [3.05, 3.63) is 17.8 Å². The van der Waals surface area contributed by atoms with E-state index in [1.54, 1.807) is 11.8 Å². The molecule has 0 radical (unpaired) electrons. The largest absolute Gasteiger partial charge is 0.357 e. The lowest BCUT2D eigenvalue weighted by Gasteiger charge is -2.19. The summed E-state index contributed by atoms with van der Waals surface area (Å²) in [7, 11) is 0. The number of carbonyl (C=O) groups excluding carboxylic acids is 1. The minimum absolute atomic E-state index is 0.153. The van der Waals surface area contributed by atoms with Crippen molar-refractivity contribution in [1.29, 1.82) is 0 Å². The van der Waals surface area contributed by atoms with Crippen LogP contribution in [0.5, 0.6) is 0 Å². The molecule has 1 saturated heterocycles. The molecule has 0 bridgehead atoms. The standard InChI is InChI=1S/C16H26N4OS/c1-4-13(11-22-3)18-16(21)19-14-7-8-15(17-12(14)2)20-9-5-6-10-20/h7-8,13H,4-6,9-11H2,1-3H3,(H2,18,19,21). The first-order chi connectivity index (χ1) is 10.6. The normalized spacial score (nSPS) is 15.7. The van der Waals surface area contributed by atoms with Crippen molar-refractivity contribution in [3.63, 3.8) is 0 Å². The third-order valence-corrected chi connectivity index (χ3v) is 4.68. The lowest BCUT2D eigenvalue weighted by Crippen LogP contribution is -2.39. The lowest BCUT2D eigenvalue weighted by molar-refractivity contribution is 0.249. The quantitative estimate of drug-likeness (QED) is 0.844. The van der Waals surface area contributed by atoms with E-state index in [9.17, 15) is 4.79 Å². The summed E-state index contributed by atoms with van der Waals surface area (Å²) in [6.45, 7) is 6.17. The van der Waals surface area contributed by atoms with E-state index in [2.05, 4.69) is 27.4 Å². The minimum Gasteiger partial charge on any atom is -0.357 e. The second kappa shape index (κ2) is 8.27. The van der Waals surface area contributed by atoms with E-state index >= 15 is 0 Å². The summed E-state index contributed by atoms with van der Waals surface area (Å²) >= 11 is 1.74. The molecule has 1 aliphatic heterocycles. The zero-order valence-corrected chi connectivity index (χ0v) is 14.5. The highest BCUT2D eigenvalue weighted by atomic mass is 32.2. The van der Waals surface area contributed by atoms with Gasteiger partial charge in [0.15, 0.2) is 0 Å². The number of nitrogens with zero attached hydrogens (tertiary/aromatic N) is 2. The fourth-order valence-corrected chi connectivity index (χ4v) is 3.33. The number of hydrogen-bond donors (Lipinski definition) is 2. The van der Waals surface area contributed by atoms with Gasteiger partial charge in [0.25, 0.3) is 0 Å². The Morgan fingerprint density at radius 1 is 1.41 bits per heavy atom. The monoisotopic (exact) mass is 322 g/mol. The Kier molecular flexibility index (Phi) is 6.36. The van der Waals surface area contributed by atoms with Gasteiger partial charge >= 0.3 is 6.03 Å². The molecular formula is C16H26N4OS. The molecule has 0 aromatic carbocycles. The molecule has 6 heteroatoms. The number of hydrogen-bond acceptors (Lipinski definition) is 4. The summed E-state index contributed by atoms with van der Waals surface area (Å²) in [5.74, 6) is 1.93. The predicted molar refractivity (Wildman–Crippen MR) is 95.0 cm³/mol. The zero-order valence-electron chi connectivity index (χ0n) is 13.7. The van der Waals surface area contributed by atoms with Crippen molar-refractivity contribution in [3.8, 4) is 0 Å². The lowest BCUT2D eigenvalue weighted by atomic mass is 10.2. The van der Waals surface area contributed by atoms with Crippen LogP contribution in [0.1, 0.15) is 31.9 Å². The summed E-state index contributed by atoms with van der Waals surface area (Å²) < 4.78 is 0. The van der Waals surface area contributed by atoms with Crippen LogP contribution in [0.4, 0.5) is 16.3 Å². The predicted octanol–water partition coefficient (Wildman–Crippen LogP) is 3.25. The van der Waals surface area contributed by atoms with Gasteiger partial charge in [0, 0.05) is 24.9 Å². The van der Waals surface area contributed by atoms with Crippen molar-refractivity contribution in [2.75, 3.05) is 35.3 Å². The Balaban J connectivity index is 1.96. The van der Waals surface area contributed by atoms with Gasteiger partial charge in [-0.25, -0.2) is 9.78 Å². The summed E-state index contributed by atoms with van der Waals surface area (Å²) in [6.07, 6.45) is 5.45. The number of thioether (sulfide) groups is 1. The summed E-state index contributed by atoms with van der Waals surface area (Å²) in [4.78, 5) is 19.0. The molecule has 1 atom stereocenters. The van der Waals surface area contributed by atoms with Crippen molar-refractivity contribution >= 4 is 29.3 Å². The molecule has 1 aromatic heterocycles. The van der Waals surface area contributed by atoms with Gasteiger partial charge in [-0.15, -0.1) is 0 Å². The second-order valence-electron chi connectivity index (χ2n) is 5.66. The van der Waals surface area contributed by atoms with Crippen molar-refractivity contribution in [2.24, 2.45) is 0 Å². The van der Waals surface area contributed by atoms with E-state index in [1.165, 1.54) is 12.8 Å². The molecule has 5 nitrogen and oxygen atoms in total. The van der Waals surface area contributed by atoms with E-state index in [0.29, 0.717) is 0 Å². The van der Waals surface area contributed by atoms with Crippen molar-refractivity contribution in [2.45, 2.75) is 39.2 Å². The first-order valence-corrected chi connectivity index (χ1v) is 9.32. The van der Waals surface area contributed by atoms with E-state index in [1.807, 2.05) is 25.3 Å². The third-order valence-electron chi connectivity index (χ3n) is 3.95. The van der Waals surface area contributed by atoms with Crippen LogP contribution in [0.3, 0.4) is 0 Å². The minimum atomic E-state index is -0.153. The van der Waals surface area contributed by atoms with Crippen LogP contribution < -0.4 is 15.5 Å². The Bertz CT molecular complexity index is 503. The smallest absolute Gasteiger partial charge is 0.319 e. The number of rotatable bonds is 6. The number of urea groups is 1. The average Bonchev–Trinajstić information content (AvgIpc) is 3.03. The molecule has 1 aliphatic rings. The Morgan fingerprint density at radius 2 is 2.14 bits per heavy atom. The SMILES string of the molecule is CCC(CSC)NC(=O)Nc1ccc(N2CCCC2)nc1C. The number of amides is 2. The van der Waals surface area contributed by atoms with E-state index in [-0.39, 0.29) is 12.1 Å². The number of aryl methyl sites for hydroxylation is 1. The van der Waals surface area contributed by atoms with Crippen molar-refractivity contribution in [1.82, 2.24) is 10.3 Å². The topological polar surface area (TPSA) is 57.3 Å². The van der Waals surface area contributed by atoms with Crippen LogP contribution in [0.15, 0.2) is 12.1 Å². The highest BCUT2D eigenvalue weighted by Crippen LogP contribution is 2.22. The molecule has 0 saturated carbocycles. The van der Waals surface area contributed by atoms with Crippen LogP contribution >= 0.6 is 11.8 Å². The van der Waals surface area contributed by atoms with E-state index in [4.69, 9.17) is 0 Å². The number of aromatic nitrogens is 1. The second-order valence-corrected chi connectivity index (χ2v) is 6.57. The maximum Gasteiger partial charge on any atom is 0.319 e. The van der Waals surface area contributed by atoms with Crippen LogP contribution in [0.25, 0.3) is 0 Å². The zero-order chi connectivity index (χ0) is 15.9. The first kappa shape index (κ1) is 16.9. The Labute approximate surface area is 137 Å². The molecule has 0 aliphatic carbocycles. The first-order valence-electron chi connectivity index (χ1n) is 7.93. The molecule has 0 spiro atoms. The average molecular weight is 322 g/mol. The van der Waals surface area contributed by atoms with Crippen LogP contribution in [-0.2, 0) is 0 Å². The number of nitrogens with one attached hydrogen (secondary N) is 2. The maximum atomic E-state index is 12.1. The molecule has 2 N–H and O–H groups in total. The van der Waals surface area contributed by atoms with Gasteiger partial charge in [-0.05, 0) is 44.6 Å². The molecular weight excluding hydrogens is 296 g/mol. The fourth-order valence-electron chi connectivity index (χ4n) is 2.61. The van der Waals surface area contributed by atoms with Crippen molar-refractivity contribution < 1.29 is 4.79 Å². The van der Waals surface area contributed by atoms with Gasteiger partial charge in [0.2, 0.25) is 0 Å². The van der Waals surface area contributed by atoms with Gasteiger partial charge in [-0.2, -0.15) is 11.8 Å². The van der Waals surface area contributed by atoms with Gasteiger partial charge < -0.3 is 15.5 Å². The molecule has 122 valence electrons. The van der Waals surface area contributed by atoms with Gasteiger partial charge in [-0.1, -0.05) is 6.92 Å². The van der Waals surface area contributed by atoms with Gasteiger partial charge in [-0.3, -0.25) is 0 Å². The summed E-state index contributed by atoms with van der Waals surface area (Å²) in [6, 6.07) is 3.99.